The SMILES string of the molecule is CCNC(c1cncn1C)C1CCCC(S(C)(=O)=O)C1. The molecule has 20 heavy (non-hydrogen) atoms. The van der Waals surface area contributed by atoms with Crippen LogP contribution in [0.15, 0.2) is 12.5 Å². The van der Waals surface area contributed by atoms with Gasteiger partial charge < -0.3 is 9.88 Å². The van der Waals surface area contributed by atoms with Crippen molar-refractivity contribution in [1.29, 1.82) is 0 Å². The molecular formula is C14H25N3O2S. The van der Waals surface area contributed by atoms with Gasteiger partial charge in [0, 0.05) is 19.5 Å². The molecule has 0 saturated heterocycles. The Kier molecular flexibility index (Phi) is 4.86. The van der Waals surface area contributed by atoms with Crippen molar-refractivity contribution in [1.82, 2.24) is 14.9 Å². The minimum atomic E-state index is -2.94. The van der Waals surface area contributed by atoms with Gasteiger partial charge in [0.15, 0.2) is 0 Å². The zero-order chi connectivity index (χ0) is 14.8. The first-order valence-corrected chi connectivity index (χ1v) is 9.27. The van der Waals surface area contributed by atoms with E-state index in [4.69, 9.17) is 0 Å². The number of nitrogens with zero attached hydrogens (tertiary/aromatic N) is 2. The Labute approximate surface area is 121 Å². The number of aromatic nitrogens is 2. The lowest BCUT2D eigenvalue weighted by molar-refractivity contribution is 0.268. The molecule has 1 aromatic heterocycles. The summed E-state index contributed by atoms with van der Waals surface area (Å²) in [4.78, 5) is 4.19. The molecule has 0 aromatic carbocycles. The van der Waals surface area contributed by atoms with Crippen LogP contribution in [0.3, 0.4) is 0 Å². The average molecular weight is 299 g/mol. The molecule has 5 nitrogen and oxygen atoms in total. The summed E-state index contributed by atoms with van der Waals surface area (Å²) in [5, 5.41) is 3.33. The second-order valence-corrected chi connectivity index (χ2v) is 8.17. The van der Waals surface area contributed by atoms with Gasteiger partial charge in [-0.15, -0.1) is 0 Å². The summed E-state index contributed by atoms with van der Waals surface area (Å²) in [5.74, 6) is 0.360. The fraction of sp³-hybridized carbons (Fsp3) is 0.786. The van der Waals surface area contributed by atoms with Crippen LogP contribution in [0.5, 0.6) is 0 Å². The highest BCUT2D eigenvalue weighted by Crippen LogP contribution is 2.36. The first kappa shape index (κ1) is 15.5. The van der Waals surface area contributed by atoms with Gasteiger partial charge in [0.1, 0.15) is 9.84 Å². The highest BCUT2D eigenvalue weighted by Gasteiger charge is 2.34. The van der Waals surface area contributed by atoms with Crippen molar-refractivity contribution in [3.63, 3.8) is 0 Å². The molecule has 1 aromatic rings. The van der Waals surface area contributed by atoms with Gasteiger partial charge in [0.2, 0.25) is 0 Å². The highest BCUT2D eigenvalue weighted by atomic mass is 32.2. The van der Waals surface area contributed by atoms with Crippen molar-refractivity contribution in [2.75, 3.05) is 12.8 Å². The lowest BCUT2D eigenvalue weighted by Gasteiger charge is -2.34. The van der Waals surface area contributed by atoms with E-state index < -0.39 is 9.84 Å². The molecule has 3 unspecified atom stereocenters. The number of hydrogen-bond donors (Lipinski definition) is 1. The monoisotopic (exact) mass is 299 g/mol. The molecule has 0 amide bonds. The predicted octanol–water partition coefficient (Wildman–Crippen LogP) is 1.67. The van der Waals surface area contributed by atoms with E-state index >= 15 is 0 Å². The van der Waals surface area contributed by atoms with Crippen LogP contribution in [0.4, 0.5) is 0 Å². The van der Waals surface area contributed by atoms with Crippen molar-refractivity contribution >= 4 is 9.84 Å². The summed E-state index contributed by atoms with van der Waals surface area (Å²) >= 11 is 0. The molecule has 0 radical (unpaired) electrons. The fourth-order valence-corrected chi connectivity index (χ4v) is 4.46. The van der Waals surface area contributed by atoms with Gasteiger partial charge in [-0.1, -0.05) is 13.3 Å². The number of aryl methyl sites for hydroxylation is 1. The Morgan fingerprint density at radius 2 is 2.25 bits per heavy atom. The van der Waals surface area contributed by atoms with E-state index in [0.717, 1.165) is 37.9 Å². The van der Waals surface area contributed by atoms with Gasteiger partial charge in [-0.05, 0) is 31.7 Å². The van der Waals surface area contributed by atoms with E-state index in [2.05, 4.69) is 17.2 Å². The lowest BCUT2D eigenvalue weighted by atomic mass is 9.82. The average Bonchev–Trinajstić information content (AvgIpc) is 2.81. The van der Waals surface area contributed by atoms with Crippen molar-refractivity contribution in [2.24, 2.45) is 13.0 Å². The maximum absolute atomic E-state index is 11.8. The molecule has 1 aliphatic rings. The number of imidazole rings is 1. The lowest BCUT2D eigenvalue weighted by Crippen LogP contribution is -2.36. The molecule has 0 bridgehead atoms. The fourth-order valence-electron chi connectivity index (χ4n) is 3.27. The minimum Gasteiger partial charge on any atom is -0.336 e. The van der Waals surface area contributed by atoms with Crippen LogP contribution in [0.1, 0.15) is 44.3 Å². The van der Waals surface area contributed by atoms with Gasteiger partial charge in [0.05, 0.1) is 23.3 Å². The quantitative estimate of drug-likeness (QED) is 0.898. The Hall–Kier alpha value is -0.880. The first-order chi connectivity index (χ1) is 9.43. The van der Waals surface area contributed by atoms with E-state index in [-0.39, 0.29) is 11.3 Å². The molecule has 1 fully saturated rings. The van der Waals surface area contributed by atoms with Crippen molar-refractivity contribution in [3.8, 4) is 0 Å². The largest absolute Gasteiger partial charge is 0.336 e. The summed E-state index contributed by atoms with van der Waals surface area (Å²) in [5.41, 5.74) is 1.14. The van der Waals surface area contributed by atoms with Gasteiger partial charge in [-0.25, -0.2) is 13.4 Å². The van der Waals surface area contributed by atoms with E-state index in [9.17, 15) is 8.42 Å². The van der Waals surface area contributed by atoms with Crippen LogP contribution in [0.2, 0.25) is 0 Å². The number of hydrogen-bond acceptors (Lipinski definition) is 4. The molecule has 3 atom stereocenters. The molecule has 0 aliphatic heterocycles. The molecule has 0 spiro atoms. The van der Waals surface area contributed by atoms with E-state index in [0.29, 0.717) is 5.92 Å². The van der Waals surface area contributed by atoms with Crippen LogP contribution in [-0.4, -0.2) is 36.0 Å². The second-order valence-electron chi connectivity index (χ2n) is 5.84. The topological polar surface area (TPSA) is 64.0 Å². The number of sulfone groups is 1. The van der Waals surface area contributed by atoms with E-state index in [1.807, 2.05) is 17.8 Å². The molecule has 1 N–H and O–H groups in total. The van der Waals surface area contributed by atoms with Gasteiger partial charge >= 0.3 is 0 Å². The molecule has 1 aliphatic carbocycles. The normalized spacial score (nSPS) is 25.6. The molecule has 6 heteroatoms. The van der Waals surface area contributed by atoms with Crippen LogP contribution >= 0.6 is 0 Å². The van der Waals surface area contributed by atoms with Gasteiger partial charge in [-0.3, -0.25) is 0 Å². The summed E-state index contributed by atoms with van der Waals surface area (Å²) in [6.45, 7) is 2.95. The molecule has 114 valence electrons. The van der Waals surface area contributed by atoms with Crippen molar-refractivity contribution < 1.29 is 8.42 Å². The zero-order valence-electron chi connectivity index (χ0n) is 12.5. The van der Waals surface area contributed by atoms with E-state index in [1.54, 1.807) is 6.33 Å². The second kappa shape index (κ2) is 6.26. The molecule has 2 rings (SSSR count). The third-order valence-electron chi connectivity index (χ3n) is 4.34. The zero-order valence-corrected chi connectivity index (χ0v) is 13.4. The minimum absolute atomic E-state index is 0.185. The van der Waals surface area contributed by atoms with Crippen LogP contribution in [0.25, 0.3) is 0 Å². The van der Waals surface area contributed by atoms with E-state index in [1.165, 1.54) is 6.26 Å². The summed E-state index contributed by atoms with van der Waals surface area (Å²) in [6.07, 6.45) is 8.68. The molecular weight excluding hydrogens is 274 g/mol. The smallest absolute Gasteiger partial charge is 0.150 e. The standard InChI is InChI=1S/C14H25N3O2S/c1-4-16-14(13-9-15-10-17(13)2)11-6-5-7-12(8-11)20(3,18)19/h9-12,14,16H,4-8H2,1-3H3. The Bertz CT molecular complexity index is 538. The summed E-state index contributed by atoms with van der Waals surface area (Å²) < 4.78 is 25.7. The maximum Gasteiger partial charge on any atom is 0.150 e. The Morgan fingerprint density at radius 3 is 2.80 bits per heavy atom. The highest BCUT2D eigenvalue weighted by molar-refractivity contribution is 7.91. The van der Waals surface area contributed by atoms with Crippen molar-refractivity contribution in [3.05, 3.63) is 18.2 Å². The summed E-state index contributed by atoms with van der Waals surface area (Å²) in [6, 6.07) is 0.192. The van der Waals surface area contributed by atoms with Crippen molar-refractivity contribution in [2.45, 2.75) is 43.9 Å². The van der Waals surface area contributed by atoms with Gasteiger partial charge in [-0.2, -0.15) is 0 Å². The number of rotatable bonds is 5. The number of nitrogens with one attached hydrogen (secondary N) is 1. The van der Waals surface area contributed by atoms with Crippen LogP contribution in [0, 0.1) is 5.92 Å². The van der Waals surface area contributed by atoms with Crippen LogP contribution in [-0.2, 0) is 16.9 Å². The Balaban J connectivity index is 2.19. The first-order valence-electron chi connectivity index (χ1n) is 7.32. The third-order valence-corrected chi connectivity index (χ3v) is 5.98. The molecule has 1 saturated carbocycles. The van der Waals surface area contributed by atoms with Crippen LogP contribution < -0.4 is 5.32 Å². The van der Waals surface area contributed by atoms with Gasteiger partial charge in [0.25, 0.3) is 0 Å². The Morgan fingerprint density at radius 1 is 1.50 bits per heavy atom. The molecule has 1 heterocycles. The maximum atomic E-state index is 11.8. The predicted molar refractivity (Wildman–Crippen MR) is 80.2 cm³/mol. The third kappa shape index (κ3) is 3.41. The summed E-state index contributed by atoms with van der Waals surface area (Å²) in [7, 11) is -0.947.